The molecule has 3 aromatic rings. The van der Waals surface area contributed by atoms with Gasteiger partial charge in [-0.25, -0.2) is 9.97 Å². The number of nitrogens with one attached hydrogen (secondary N) is 1. The SMILES string of the molecule is CNc1nc(-c2cccc3ccccc23)ncc1I. The van der Waals surface area contributed by atoms with Crippen molar-refractivity contribution in [3.63, 3.8) is 0 Å². The average Bonchev–Trinajstić information content (AvgIpc) is 2.47. The monoisotopic (exact) mass is 361 g/mol. The molecule has 0 saturated heterocycles. The van der Waals surface area contributed by atoms with E-state index in [9.17, 15) is 0 Å². The van der Waals surface area contributed by atoms with Gasteiger partial charge in [0.1, 0.15) is 5.82 Å². The van der Waals surface area contributed by atoms with E-state index < -0.39 is 0 Å². The fourth-order valence-electron chi connectivity index (χ4n) is 2.09. The smallest absolute Gasteiger partial charge is 0.162 e. The van der Waals surface area contributed by atoms with Crippen LogP contribution >= 0.6 is 22.6 Å². The van der Waals surface area contributed by atoms with Crippen molar-refractivity contribution in [3.8, 4) is 11.4 Å². The first-order valence-electron chi connectivity index (χ1n) is 5.98. The van der Waals surface area contributed by atoms with Crippen LogP contribution in [-0.4, -0.2) is 17.0 Å². The number of benzene rings is 2. The number of anilines is 1. The van der Waals surface area contributed by atoms with Gasteiger partial charge in [-0.05, 0) is 33.4 Å². The lowest BCUT2D eigenvalue weighted by Gasteiger charge is -2.08. The maximum absolute atomic E-state index is 4.58. The minimum absolute atomic E-state index is 0.751. The van der Waals surface area contributed by atoms with Crippen LogP contribution in [0.25, 0.3) is 22.2 Å². The van der Waals surface area contributed by atoms with Crippen molar-refractivity contribution in [2.24, 2.45) is 0 Å². The van der Waals surface area contributed by atoms with E-state index in [2.05, 4.69) is 62.1 Å². The number of fused-ring (bicyclic) bond motifs is 1. The fourth-order valence-corrected chi connectivity index (χ4v) is 2.62. The highest BCUT2D eigenvalue weighted by Gasteiger charge is 2.08. The third-order valence-electron chi connectivity index (χ3n) is 3.01. The Kier molecular flexibility index (Phi) is 3.33. The molecular weight excluding hydrogens is 349 g/mol. The molecule has 0 aliphatic carbocycles. The van der Waals surface area contributed by atoms with E-state index in [1.165, 1.54) is 10.8 Å². The zero-order valence-corrected chi connectivity index (χ0v) is 12.5. The largest absolute Gasteiger partial charge is 0.372 e. The first kappa shape index (κ1) is 12.3. The number of rotatable bonds is 2. The number of nitrogens with zero attached hydrogens (tertiary/aromatic N) is 2. The summed E-state index contributed by atoms with van der Waals surface area (Å²) in [7, 11) is 1.87. The molecule has 0 unspecified atom stereocenters. The minimum atomic E-state index is 0.751. The van der Waals surface area contributed by atoms with Crippen LogP contribution in [0, 0.1) is 3.57 Å². The van der Waals surface area contributed by atoms with Crippen LogP contribution < -0.4 is 5.32 Å². The highest BCUT2D eigenvalue weighted by Crippen LogP contribution is 2.27. The summed E-state index contributed by atoms with van der Waals surface area (Å²) >= 11 is 2.23. The summed E-state index contributed by atoms with van der Waals surface area (Å²) in [6.45, 7) is 0. The Bertz CT molecular complexity index is 735. The summed E-state index contributed by atoms with van der Waals surface area (Å²) in [4.78, 5) is 9.03. The van der Waals surface area contributed by atoms with Crippen molar-refractivity contribution < 1.29 is 0 Å². The molecule has 0 aliphatic heterocycles. The topological polar surface area (TPSA) is 37.8 Å². The first-order chi connectivity index (χ1) is 9.29. The van der Waals surface area contributed by atoms with E-state index in [4.69, 9.17) is 0 Å². The van der Waals surface area contributed by atoms with Crippen molar-refractivity contribution in [2.75, 3.05) is 12.4 Å². The van der Waals surface area contributed by atoms with Gasteiger partial charge in [-0.2, -0.15) is 0 Å². The Labute approximate surface area is 125 Å². The van der Waals surface area contributed by atoms with E-state index in [1.54, 1.807) is 0 Å². The number of aromatic nitrogens is 2. The van der Waals surface area contributed by atoms with Crippen LogP contribution in [-0.2, 0) is 0 Å². The summed E-state index contributed by atoms with van der Waals surface area (Å²) < 4.78 is 1.02. The Morgan fingerprint density at radius 3 is 2.68 bits per heavy atom. The standard InChI is InChI=1S/C15H12IN3/c1-17-15-13(16)9-18-14(19-15)12-8-4-6-10-5-2-3-7-11(10)12/h2-9H,1H3,(H,17,18,19). The van der Waals surface area contributed by atoms with Crippen LogP contribution in [0.3, 0.4) is 0 Å². The Balaban J connectivity index is 2.24. The number of hydrogen-bond donors (Lipinski definition) is 1. The lowest BCUT2D eigenvalue weighted by molar-refractivity contribution is 1.15. The molecule has 1 aromatic heterocycles. The van der Waals surface area contributed by atoms with Crippen molar-refractivity contribution in [1.82, 2.24) is 9.97 Å². The fraction of sp³-hybridized carbons (Fsp3) is 0.0667. The van der Waals surface area contributed by atoms with E-state index in [-0.39, 0.29) is 0 Å². The van der Waals surface area contributed by atoms with Gasteiger partial charge in [0, 0.05) is 18.8 Å². The molecule has 0 aliphatic rings. The second-order valence-corrected chi connectivity index (χ2v) is 5.33. The van der Waals surface area contributed by atoms with Crippen molar-refractivity contribution in [2.45, 2.75) is 0 Å². The summed E-state index contributed by atoms with van der Waals surface area (Å²) in [5.74, 6) is 1.61. The molecule has 3 nitrogen and oxygen atoms in total. The van der Waals surface area contributed by atoms with Crippen LogP contribution in [0.1, 0.15) is 0 Å². The summed E-state index contributed by atoms with van der Waals surface area (Å²) in [6.07, 6.45) is 1.84. The van der Waals surface area contributed by atoms with Gasteiger partial charge in [-0.3, -0.25) is 0 Å². The molecule has 4 heteroatoms. The van der Waals surface area contributed by atoms with Crippen LogP contribution in [0.4, 0.5) is 5.82 Å². The highest BCUT2D eigenvalue weighted by atomic mass is 127. The zero-order chi connectivity index (χ0) is 13.2. The molecule has 1 N–H and O–H groups in total. The van der Waals surface area contributed by atoms with E-state index in [0.717, 1.165) is 20.8 Å². The molecule has 0 spiro atoms. The molecule has 2 aromatic carbocycles. The van der Waals surface area contributed by atoms with Gasteiger partial charge in [-0.1, -0.05) is 42.5 Å². The second kappa shape index (κ2) is 5.13. The molecule has 0 radical (unpaired) electrons. The van der Waals surface area contributed by atoms with Gasteiger partial charge < -0.3 is 5.32 Å². The molecule has 1 heterocycles. The van der Waals surface area contributed by atoms with Crippen molar-refractivity contribution in [1.29, 1.82) is 0 Å². The molecule has 3 rings (SSSR count). The van der Waals surface area contributed by atoms with Gasteiger partial charge in [0.15, 0.2) is 5.82 Å². The predicted molar refractivity (Wildman–Crippen MR) is 87.2 cm³/mol. The van der Waals surface area contributed by atoms with Crippen molar-refractivity contribution >= 4 is 39.2 Å². The van der Waals surface area contributed by atoms with Crippen LogP contribution in [0.15, 0.2) is 48.7 Å². The Morgan fingerprint density at radius 2 is 1.84 bits per heavy atom. The van der Waals surface area contributed by atoms with Gasteiger partial charge >= 0.3 is 0 Å². The predicted octanol–water partition coefficient (Wildman–Crippen LogP) is 3.94. The molecule has 0 bridgehead atoms. The molecule has 0 amide bonds. The highest BCUT2D eigenvalue weighted by molar-refractivity contribution is 14.1. The minimum Gasteiger partial charge on any atom is -0.372 e. The van der Waals surface area contributed by atoms with Gasteiger partial charge in [0.2, 0.25) is 0 Å². The van der Waals surface area contributed by atoms with Gasteiger partial charge in [0.25, 0.3) is 0 Å². The lowest BCUT2D eigenvalue weighted by atomic mass is 10.0. The molecule has 94 valence electrons. The molecule has 0 saturated carbocycles. The van der Waals surface area contributed by atoms with Crippen molar-refractivity contribution in [3.05, 3.63) is 52.2 Å². The first-order valence-corrected chi connectivity index (χ1v) is 7.06. The molecule has 0 atom stereocenters. The van der Waals surface area contributed by atoms with Crippen LogP contribution in [0.5, 0.6) is 0 Å². The Morgan fingerprint density at radius 1 is 1.05 bits per heavy atom. The summed E-state index contributed by atoms with van der Waals surface area (Å²) in [5, 5.41) is 5.47. The van der Waals surface area contributed by atoms with E-state index in [1.807, 2.05) is 31.4 Å². The number of hydrogen-bond acceptors (Lipinski definition) is 3. The lowest BCUT2D eigenvalue weighted by Crippen LogP contribution is -1.99. The molecule has 0 fully saturated rings. The normalized spacial score (nSPS) is 10.6. The third-order valence-corrected chi connectivity index (χ3v) is 3.80. The maximum Gasteiger partial charge on any atom is 0.162 e. The van der Waals surface area contributed by atoms with Gasteiger partial charge in [0.05, 0.1) is 3.57 Å². The molecular formula is C15H12IN3. The van der Waals surface area contributed by atoms with Gasteiger partial charge in [-0.15, -0.1) is 0 Å². The summed E-state index contributed by atoms with van der Waals surface area (Å²) in [6, 6.07) is 14.5. The second-order valence-electron chi connectivity index (χ2n) is 4.17. The quantitative estimate of drug-likeness (QED) is 0.703. The van der Waals surface area contributed by atoms with E-state index in [0.29, 0.717) is 0 Å². The molecule has 19 heavy (non-hydrogen) atoms. The zero-order valence-electron chi connectivity index (χ0n) is 10.4. The van der Waals surface area contributed by atoms with Crippen LogP contribution in [0.2, 0.25) is 0 Å². The maximum atomic E-state index is 4.58. The number of halogens is 1. The summed E-state index contributed by atoms with van der Waals surface area (Å²) in [5.41, 5.74) is 1.06. The van der Waals surface area contributed by atoms with E-state index >= 15 is 0 Å². The third kappa shape index (κ3) is 2.28. The Hall–Kier alpha value is -1.69. The average molecular weight is 361 g/mol.